The molecule has 0 aliphatic heterocycles. The van der Waals surface area contributed by atoms with Crippen LogP contribution in [0.5, 0.6) is 0 Å². The Morgan fingerprint density at radius 1 is 1.50 bits per heavy atom. The van der Waals surface area contributed by atoms with Crippen LogP contribution in [0.2, 0.25) is 0 Å². The fourth-order valence-electron chi connectivity index (χ4n) is 3.01. The maximum Gasteiger partial charge on any atom is 0.0872 e. The third kappa shape index (κ3) is 2.86. The van der Waals surface area contributed by atoms with Crippen LogP contribution in [0.1, 0.15) is 46.5 Å². The number of rotatable bonds is 5. The Morgan fingerprint density at radius 3 is 2.44 bits per heavy atom. The van der Waals surface area contributed by atoms with Gasteiger partial charge in [-0.15, -0.1) is 0 Å². The molecule has 1 saturated carbocycles. The van der Waals surface area contributed by atoms with Crippen LogP contribution in [0.15, 0.2) is 12.2 Å². The Labute approximate surface area is 100 Å². The second-order valence-corrected chi connectivity index (χ2v) is 5.25. The minimum absolute atomic E-state index is 0.0121. The smallest absolute Gasteiger partial charge is 0.0872 e. The van der Waals surface area contributed by atoms with Gasteiger partial charge in [-0.2, -0.15) is 0 Å². The number of likely N-dealkylation sites (N-methyl/N-ethyl adjacent to an activating group) is 1. The average molecular weight is 225 g/mol. The lowest BCUT2D eigenvalue weighted by molar-refractivity contribution is -0.0871. The van der Waals surface area contributed by atoms with Crippen molar-refractivity contribution in [1.82, 2.24) is 5.32 Å². The molecule has 0 aromatic rings. The van der Waals surface area contributed by atoms with Crippen molar-refractivity contribution in [2.24, 2.45) is 5.92 Å². The molecule has 1 N–H and O–H groups in total. The molecule has 2 nitrogen and oxygen atoms in total. The molecule has 1 aliphatic rings. The molecular weight excluding hydrogens is 198 g/mol. The first-order chi connectivity index (χ1) is 7.55. The molecule has 0 amide bonds. The summed E-state index contributed by atoms with van der Waals surface area (Å²) in [4.78, 5) is 0. The lowest BCUT2D eigenvalue weighted by atomic mass is 9.73. The zero-order chi connectivity index (χ0) is 12.2. The van der Waals surface area contributed by atoms with Gasteiger partial charge in [0.2, 0.25) is 0 Å². The predicted molar refractivity (Wildman–Crippen MR) is 69.7 cm³/mol. The molecule has 1 unspecified atom stereocenters. The Hall–Kier alpha value is -0.340. The first kappa shape index (κ1) is 13.7. The van der Waals surface area contributed by atoms with Crippen LogP contribution in [0.4, 0.5) is 0 Å². The van der Waals surface area contributed by atoms with Gasteiger partial charge in [-0.1, -0.05) is 19.1 Å². The highest BCUT2D eigenvalue weighted by molar-refractivity contribution is 5.12. The van der Waals surface area contributed by atoms with Gasteiger partial charge in [0.25, 0.3) is 0 Å². The molecule has 1 rings (SSSR count). The number of ether oxygens (including phenoxy) is 1. The Morgan fingerprint density at radius 2 is 2.06 bits per heavy atom. The molecule has 0 aromatic carbocycles. The normalized spacial score (nSPS) is 32.4. The van der Waals surface area contributed by atoms with Gasteiger partial charge < -0.3 is 10.1 Å². The maximum absolute atomic E-state index is 6.11. The van der Waals surface area contributed by atoms with E-state index in [9.17, 15) is 0 Å². The van der Waals surface area contributed by atoms with Crippen LogP contribution in [0.3, 0.4) is 0 Å². The summed E-state index contributed by atoms with van der Waals surface area (Å²) in [6, 6.07) is 0.292. The van der Waals surface area contributed by atoms with E-state index in [0.717, 1.165) is 25.4 Å². The van der Waals surface area contributed by atoms with Gasteiger partial charge in [-0.3, -0.25) is 0 Å². The molecule has 94 valence electrons. The van der Waals surface area contributed by atoms with Crippen molar-refractivity contribution in [3.05, 3.63) is 12.2 Å². The maximum atomic E-state index is 6.11. The van der Waals surface area contributed by atoms with Gasteiger partial charge in [-0.25, -0.2) is 0 Å². The zero-order valence-corrected chi connectivity index (χ0v) is 11.3. The predicted octanol–water partition coefficient (Wildman–Crippen LogP) is 3.14. The average Bonchev–Trinajstić information content (AvgIpc) is 2.23. The summed E-state index contributed by atoms with van der Waals surface area (Å²) in [5.41, 5.74) is 1.17. The molecule has 0 spiro atoms. The number of hydrogen-bond donors (Lipinski definition) is 1. The van der Waals surface area contributed by atoms with Gasteiger partial charge in [-0.05, 0) is 52.5 Å². The summed E-state index contributed by atoms with van der Waals surface area (Å²) in [6.07, 6.45) is 4.84. The lowest BCUT2D eigenvalue weighted by Gasteiger charge is -2.45. The first-order valence-electron chi connectivity index (χ1n) is 6.52. The van der Waals surface area contributed by atoms with Gasteiger partial charge in [0.05, 0.1) is 11.6 Å². The van der Waals surface area contributed by atoms with Crippen molar-refractivity contribution in [3.63, 3.8) is 0 Å². The third-order valence-electron chi connectivity index (χ3n) is 3.86. The molecule has 0 radical (unpaired) electrons. The molecule has 1 fully saturated rings. The van der Waals surface area contributed by atoms with Crippen LogP contribution in [0, 0.1) is 5.92 Å². The quantitative estimate of drug-likeness (QED) is 0.726. The lowest BCUT2D eigenvalue weighted by Crippen LogP contribution is -2.53. The Balaban J connectivity index is 2.82. The molecule has 1 aliphatic carbocycles. The van der Waals surface area contributed by atoms with Crippen LogP contribution in [0.25, 0.3) is 0 Å². The minimum atomic E-state index is -0.0121. The fourth-order valence-corrected chi connectivity index (χ4v) is 3.01. The summed E-state index contributed by atoms with van der Waals surface area (Å²) in [5, 5.41) is 3.39. The second-order valence-electron chi connectivity index (χ2n) is 5.25. The highest BCUT2D eigenvalue weighted by Crippen LogP contribution is 2.38. The second kappa shape index (κ2) is 5.83. The summed E-state index contributed by atoms with van der Waals surface area (Å²) >= 11 is 0. The van der Waals surface area contributed by atoms with Crippen LogP contribution < -0.4 is 5.32 Å². The highest BCUT2D eigenvalue weighted by Gasteiger charge is 2.41. The monoisotopic (exact) mass is 225 g/mol. The van der Waals surface area contributed by atoms with E-state index < -0.39 is 0 Å². The zero-order valence-electron chi connectivity index (χ0n) is 11.3. The van der Waals surface area contributed by atoms with Crippen LogP contribution >= 0.6 is 0 Å². The highest BCUT2D eigenvalue weighted by atomic mass is 16.5. The number of hydrogen-bond acceptors (Lipinski definition) is 2. The van der Waals surface area contributed by atoms with Gasteiger partial charge in [0.1, 0.15) is 0 Å². The SMILES string of the molecule is C=C(C)C(NC)C1(OCC)CCC(C)CC1. The van der Waals surface area contributed by atoms with Crippen LogP contribution in [-0.4, -0.2) is 25.3 Å². The van der Waals surface area contributed by atoms with Crippen molar-refractivity contribution in [3.8, 4) is 0 Å². The molecule has 16 heavy (non-hydrogen) atoms. The van der Waals surface area contributed by atoms with Crippen molar-refractivity contribution < 1.29 is 4.74 Å². The van der Waals surface area contributed by atoms with Gasteiger partial charge in [0, 0.05) is 6.61 Å². The number of nitrogens with one attached hydrogen (secondary N) is 1. The van der Waals surface area contributed by atoms with E-state index in [1.807, 2.05) is 7.05 Å². The summed E-state index contributed by atoms with van der Waals surface area (Å²) < 4.78 is 6.11. The first-order valence-corrected chi connectivity index (χ1v) is 6.52. The third-order valence-corrected chi connectivity index (χ3v) is 3.86. The van der Waals surface area contributed by atoms with Gasteiger partial charge >= 0.3 is 0 Å². The van der Waals surface area contributed by atoms with E-state index in [-0.39, 0.29) is 5.60 Å². The van der Waals surface area contributed by atoms with Gasteiger partial charge in [0.15, 0.2) is 0 Å². The van der Waals surface area contributed by atoms with E-state index in [4.69, 9.17) is 4.74 Å². The molecular formula is C14H27NO. The molecule has 1 atom stereocenters. The van der Waals surface area contributed by atoms with E-state index in [0.29, 0.717) is 6.04 Å². The molecule has 0 heterocycles. The van der Waals surface area contributed by atoms with Crippen molar-refractivity contribution in [2.45, 2.75) is 58.1 Å². The van der Waals surface area contributed by atoms with Crippen molar-refractivity contribution in [2.75, 3.05) is 13.7 Å². The summed E-state index contributed by atoms with van der Waals surface area (Å²) in [6.45, 7) is 11.4. The fraction of sp³-hybridized carbons (Fsp3) is 0.857. The largest absolute Gasteiger partial charge is 0.373 e. The summed E-state index contributed by atoms with van der Waals surface area (Å²) in [7, 11) is 2.01. The standard InChI is InChI=1S/C14H27NO/c1-6-16-14(13(15-5)11(2)3)9-7-12(4)8-10-14/h12-13,15H,2,6-10H2,1,3-5H3. The molecule has 0 saturated heterocycles. The van der Waals surface area contributed by atoms with E-state index in [1.54, 1.807) is 0 Å². The topological polar surface area (TPSA) is 21.3 Å². The van der Waals surface area contributed by atoms with E-state index in [1.165, 1.54) is 18.4 Å². The van der Waals surface area contributed by atoms with E-state index in [2.05, 4.69) is 32.7 Å². The Kier molecular flexibility index (Phi) is 5.00. The minimum Gasteiger partial charge on any atom is -0.373 e. The molecule has 0 bridgehead atoms. The summed E-state index contributed by atoms with van der Waals surface area (Å²) in [5.74, 6) is 0.844. The molecule has 2 heteroatoms. The molecule has 0 aromatic heterocycles. The van der Waals surface area contributed by atoms with Crippen LogP contribution in [-0.2, 0) is 4.74 Å². The van der Waals surface area contributed by atoms with E-state index >= 15 is 0 Å². The Bertz CT molecular complexity index is 229. The van der Waals surface area contributed by atoms with Crippen molar-refractivity contribution in [1.29, 1.82) is 0 Å². The van der Waals surface area contributed by atoms with Crippen molar-refractivity contribution >= 4 is 0 Å².